The van der Waals surface area contributed by atoms with E-state index in [9.17, 15) is 8.42 Å². The highest BCUT2D eigenvalue weighted by Crippen LogP contribution is 2.18. The van der Waals surface area contributed by atoms with Gasteiger partial charge in [-0.2, -0.15) is 4.31 Å². The quantitative estimate of drug-likeness (QED) is 0.599. The average Bonchev–Trinajstić information content (AvgIpc) is 2.87. The molecule has 0 saturated heterocycles. The monoisotopic (exact) mass is 371 g/mol. The minimum Gasteiger partial charge on any atom is -0.468 e. The van der Waals surface area contributed by atoms with Crippen LogP contribution in [0.5, 0.6) is 0 Å². The first-order valence-corrected chi connectivity index (χ1v) is 9.20. The first-order chi connectivity index (χ1) is 10.00. The predicted molar refractivity (Wildman–Crippen MR) is 88.4 cm³/mol. The van der Waals surface area contributed by atoms with Gasteiger partial charge in [-0.05, 0) is 42.6 Å². The molecule has 1 aromatic heterocycles. The Morgan fingerprint density at radius 1 is 1.29 bits per heavy atom. The number of alkyl halides is 1. The molecule has 1 heterocycles. The number of halogens is 1. The van der Waals surface area contributed by atoms with Crippen LogP contribution < -0.4 is 0 Å². The molecule has 4 nitrogen and oxygen atoms in total. The number of nitrogens with zero attached hydrogens (tertiary/aromatic N) is 1. The van der Waals surface area contributed by atoms with Crippen molar-refractivity contribution in [3.05, 3.63) is 64.7 Å². The molecule has 1 aliphatic rings. The predicted octanol–water partition coefficient (Wildman–Crippen LogP) is 3.61. The van der Waals surface area contributed by atoms with Crippen molar-refractivity contribution < 1.29 is 12.8 Å². The lowest BCUT2D eigenvalue weighted by Crippen LogP contribution is -2.26. The maximum atomic E-state index is 12.4. The largest absolute Gasteiger partial charge is 0.468 e. The number of allylic oxidation sites excluding steroid dienone is 4. The Morgan fingerprint density at radius 3 is 2.62 bits per heavy atom. The van der Waals surface area contributed by atoms with E-state index in [1.165, 1.54) is 23.7 Å². The van der Waals surface area contributed by atoms with Crippen LogP contribution in [-0.4, -0.2) is 25.6 Å². The third-order valence-electron chi connectivity index (χ3n) is 2.71. The molecule has 21 heavy (non-hydrogen) atoms. The Labute approximate surface area is 134 Å². The standard InChI is InChI=1S/C14H15NO3S.CH3Br/c1-12-5-3-7-14(9-8-12)19(16,17)15(2)11-13-6-4-10-18-13;1-2/h4-10H,11H2,1-2H3;1H3. The molecule has 1 aliphatic carbocycles. The van der Waals surface area contributed by atoms with Gasteiger partial charge in [-0.1, -0.05) is 22.0 Å². The Bertz CT molecular complexity index is 679. The Balaban J connectivity index is 0.00000106. The van der Waals surface area contributed by atoms with E-state index >= 15 is 0 Å². The lowest BCUT2D eigenvalue weighted by molar-refractivity contribution is 0.409. The lowest BCUT2D eigenvalue weighted by atomic mass is 10.3. The first kappa shape index (κ1) is 17.7. The number of hydrogen-bond acceptors (Lipinski definition) is 3. The number of furan rings is 1. The smallest absolute Gasteiger partial charge is 0.243 e. The van der Waals surface area contributed by atoms with E-state index in [-0.39, 0.29) is 11.4 Å². The molecular weight excluding hydrogens is 354 g/mol. The van der Waals surface area contributed by atoms with Crippen LogP contribution in [0.15, 0.2) is 63.3 Å². The van der Waals surface area contributed by atoms with Crippen LogP contribution in [0.4, 0.5) is 0 Å². The Kier molecular flexibility index (Phi) is 6.92. The summed E-state index contributed by atoms with van der Waals surface area (Å²) in [6, 6.07) is 3.47. The highest BCUT2D eigenvalue weighted by atomic mass is 79.9. The van der Waals surface area contributed by atoms with Gasteiger partial charge in [-0.25, -0.2) is 8.42 Å². The second kappa shape index (κ2) is 8.20. The molecule has 2 rings (SSSR count). The van der Waals surface area contributed by atoms with Crippen LogP contribution in [0, 0.1) is 0 Å². The zero-order chi connectivity index (χ0) is 15.9. The zero-order valence-electron chi connectivity index (χ0n) is 12.2. The highest BCUT2D eigenvalue weighted by molar-refractivity contribution is 9.08. The van der Waals surface area contributed by atoms with Crippen LogP contribution in [0.3, 0.4) is 0 Å². The van der Waals surface area contributed by atoms with E-state index in [2.05, 4.69) is 21.7 Å². The van der Waals surface area contributed by atoms with E-state index in [0.29, 0.717) is 5.76 Å². The lowest BCUT2D eigenvalue weighted by Gasteiger charge is -2.15. The van der Waals surface area contributed by atoms with Crippen molar-refractivity contribution in [2.45, 2.75) is 13.5 Å². The first-order valence-electron chi connectivity index (χ1n) is 6.18. The summed E-state index contributed by atoms with van der Waals surface area (Å²) < 4.78 is 31.2. The Morgan fingerprint density at radius 2 is 2.00 bits per heavy atom. The zero-order valence-corrected chi connectivity index (χ0v) is 14.6. The maximum absolute atomic E-state index is 12.4. The van der Waals surface area contributed by atoms with E-state index in [1.54, 1.807) is 30.4 Å². The summed E-state index contributed by atoms with van der Waals surface area (Å²) in [5, 5.41) is 0. The molecule has 0 fully saturated rings. The van der Waals surface area contributed by atoms with Crippen molar-refractivity contribution in [2.24, 2.45) is 0 Å². The molecule has 0 spiro atoms. The fourth-order valence-electron chi connectivity index (χ4n) is 1.61. The number of rotatable bonds is 4. The fourth-order valence-corrected chi connectivity index (χ4v) is 2.73. The molecule has 0 aliphatic heterocycles. The average molecular weight is 372 g/mol. The summed E-state index contributed by atoms with van der Waals surface area (Å²) in [4.78, 5) is 0.217. The molecule has 0 bridgehead atoms. The summed E-state index contributed by atoms with van der Waals surface area (Å²) in [5.41, 5.74) is 3.80. The maximum Gasteiger partial charge on any atom is 0.243 e. The van der Waals surface area contributed by atoms with Crippen molar-refractivity contribution in [3.63, 3.8) is 0 Å². The highest BCUT2D eigenvalue weighted by Gasteiger charge is 2.22. The van der Waals surface area contributed by atoms with Crippen LogP contribution in [0.2, 0.25) is 0 Å². The van der Waals surface area contributed by atoms with Crippen LogP contribution in [0.25, 0.3) is 0 Å². The van der Waals surface area contributed by atoms with Gasteiger partial charge in [0.25, 0.3) is 0 Å². The fraction of sp³-hybridized carbons (Fsp3) is 0.267. The number of hydrogen-bond donors (Lipinski definition) is 0. The third kappa shape index (κ3) is 4.86. The normalized spacial score (nSPS) is 14.1. The van der Waals surface area contributed by atoms with Crippen molar-refractivity contribution in [3.8, 4) is 0 Å². The van der Waals surface area contributed by atoms with Gasteiger partial charge >= 0.3 is 0 Å². The SMILES string of the molecule is CBr.CC1=CC=C(S(=O)(=O)N(C)Cc2ccco2)C=C=C1. The van der Waals surface area contributed by atoms with Gasteiger partial charge in [0, 0.05) is 13.1 Å². The summed E-state index contributed by atoms with van der Waals surface area (Å²) >= 11 is 2.94. The van der Waals surface area contributed by atoms with E-state index in [4.69, 9.17) is 4.42 Å². The van der Waals surface area contributed by atoms with Crippen molar-refractivity contribution in [1.82, 2.24) is 4.31 Å². The van der Waals surface area contributed by atoms with E-state index < -0.39 is 10.0 Å². The molecule has 0 atom stereocenters. The molecule has 0 saturated carbocycles. The minimum atomic E-state index is -3.53. The number of sulfonamides is 1. The molecule has 0 unspecified atom stereocenters. The van der Waals surface area contributed by atoms with Gasteiger partial charge in [0.15, 0.2) is 0 Å². The third-order valence-corrected chi connectivity index (χ3v) is 4.51. The Hall–Kier alpha value is -1.33. The van der Waals surface area contributed by atoms with Gasteiger partial charge in [-0.15, -0.1) is 5.73 Å². The van der Waals surface area contributed by atoms with Gasteiger partial charge in [0.1, 0.15) is 5.76 Å². The molecule has 0 aromatic carbocycles. The summed E-state index contributed by atoms with van der Waals surface area (Å²) in [6.45, 7) is 2.09. The van der Waals surface area contributed by atoms with Crippen LogP contribution in [-0.2, 0) is 16.6 Å². The van der Waals surface area contributed by atoms with Gasteiger partial charge in [0.2, 0.25) is 10.0 Å². The molecule has 0 radical (unpaired) electrons. The van der Waals surface area contributed by atoms with Gasteiger partial charge in [-0.3, -0.25) is 0 Å². The van der Waals surface area contributed by atoms with Crippen molar-refractivity contribution >= 4 is 26.0 Å². The van der Waals surface area contributed by atoms with Crippen molar-refractivity contribution in [1.29, 1.82) is 0 Å². The van der Waals surface area contributed by atoms with Gasteiger partial charge in [0.05, 0.1) is 17.7 Å². The van der Waals surface area contributed by atoms with Gasteiger partial charge < -0.3 is 4.42 Å². The second-order valence-corrected chi connectivity index (χ2v) is 6.32. The summed E-state index contributed by atoms with van der Waals surface area (Å²) in [7, 11) is -2.01. The molecule has 1 aromatic rings. The van der Waals surface area contributed by atoms with E-state index in [1.807, 2.05) is 12.8 Å². The summed E-state index contributed by atoms with van der Waals surface area (Å²) in [6.07, 6.45) is 8.08. The molecule has 114 valence electrons. The van der Waals surface area contributed by atoms with Crippen molar-refractivity contribution in [2.75, 3.05) is 12.9 Å². The van der Waals surface area contributed by atoms with Crippen LogP contribution in [0.1, 0.15) is 12.7 Å². The molecule has 0 N–H and O–H groups in total. The van der Waals surface area contributed by atoms with Crippen LogP contribution >= 0.6 is 15.9 Å². The summed E-state index contributed by atoms with van der Waals surface area (Å²) in [5.74, 6) is 2.42. The minimum absolute atomic E-state index is 0.201. The van der Waals surface area contributed by atoms with E-state index in [0.717, 1.165) is 5.57 Å². The second-order valence-electron chi connectivity index (χ2n) is 4.28. The topological polar surface area (TPSA) is 50.5 Å². The molecule has 6 heteroatoms. The molecule has 0 amide bonds. The molecular formula is C15H18BrNO3S.